The number of nitrogens with zero attached hydrogens (tertiary/aromatic N) is 4. The SMILES string of the molecule is O=C(NCc1cnn(-c2ccccc2)c1)N1CCN(Cc2ccc(Cl)s2)CC1. The van der Waals surface area contributed by atoms with Crippen molar-refractivity contribution in [2.45, 2.75) is 13.1 Å². The summed E-state index contributed by atoms with van der Waals surface area (Å²) in [6.07, 6.45) is 3.73. The molecule has 1 fully saturated rings. The van der Waals surface area contributed by atoms with Crippen LogP contribution in [0.5, 0.6) is 0 Å². The molecule has 1 N–H and O–H groups in total. The number of hydrogen-bond acceptors (Lipinski definition) is 4. The van der Waals surface area contributed by atoms with Gasteiger partial charge in [-0.05, 0) is 24.3 Å². The summed E-state index contributed by atoms with van der Waals surface area (Å²) in [6, 6.07) is 13.9. The Kier molecular flexibility index (Phi) is 5.95. The number of hydrogen-bond donors (Lipinski definition) is 1. The highest BCUT2D eigenvalue weighted by molar-refractivity contribution is 7.16. The lowest BCUT2D eigenvalue weighted by molar-refractivity contribution is 0.135. The lowest BCUT2D eigenvalue weighted by Crippen LogP contribution is -2.51. The fraction of sp³-hybridized carbons (Fsp3) is 0.300. The molecule has 28 heavy (non-hydrogen) atoms. The topological polar surface area (TPSA) is 53.4 Å². The molecule has 8 heteroatoms. The van der Waals surface area contributed by atoms with Crippen molar-refractivity contribution in [3.05, 3.63) is 69.6 Å². The van der Waals surface area contributed by atoms with Gasteiger partial charge in [0.1, 0.15) is 0 Å². The lowest BCUT2D eigenvalue weighted by Gasteiger charge is -2.34. The van der Waals surface area contributed by atoms with Crippen LogP contribution in [0.15, 0.2) is 54.9 Å². The van der Waals surface area contributed by atoms with Crippen LogP contribution in [0.25, 0.3) is 5.69 Å². The Hall–Kier alpha value is -2.35. The van der Waals surface area contributed by atoms with E-state index in [1.807, 2.05) is 52.2 Å². The average Bonchev–Trinajstić information content (AvgIpc) is 3.36. The van der Waals surface area contributed by atoms with Crippen LogP contribution in [0.4, 0.5) is 4.79 Å². The molecule has 4 rings (SSSR count). The van der Waals surface area contributed by atoms with Crippen molar-refractivity contribution in [3.63, 3.8) is 0 Å². The van der Waals surface area contributed by atoms with Crippen molar-refractivity contribution in [1.82, 2.24) is 24.9 Å². The number of piperazine rings is 1. The van der Waals surface area contributed by atoms with Crippen molar-refractivity contribution in [2.75, 3.05) is 26.2 Å². The largest absolute Gasteiger partial charge is 0.334 e. The van der Waals surface area contributed by atoms with E-state index >= 15 is 0 Å². The van der Waals surface area contributed by atoms with Crippen LogP contribution in [0.1, 0.15) is 10.4 Å². The Morgan fingerprint density at radius 2 is 1.89 bits per heavy atom. The minimum Gasteiger partial charge on any atom is -0.334 e. The summed E-state index contributed by atoms with van der Waals surface area (Å²) >= 11 is 7.61. The van der Waals surface area contributed by atoms with Gasteiger partial charge in [0.05, 0.1) is 16.2 Å². The summed E-state index contributed by atoms with van der Waals surface area (Å²) in [4.78, 5) is 18.0. The molecule has 0 bridgehead atoms. The van der Waals surface area contributed by atoms with E-state index in [0.29, 0.717) is 6.54 Å². The minimum atomic E-state index is -0.0220. The van der Waals surface area contributed by atoms with Gasteiger partial charge in [0.25, 0.3) is 0 Å². The smallest absolute Gasteiger partial charge is 0.317 e. The van der Waals surface area contributed by atoms with Gasteiger partial charge in [0.2, 0.25) is 0 Å². The molecule has 2 aromatic heterocycles. The molecule has 1 aromatic carbocycles. The first-order valence-corrected chi connectivity index (χ1v) is 10.4. The van der Waals surface area contributed by atoms with Crippen LogP contribution in [-0.4, -0.2) is 51.8 Å². The van der Waals surface area contributed by atoms with Crippen LogP contribution in [0.3, 0.4) is 0 Å². The first-order valence-electron chi connectivity index (χ1n) is 9.26. The normalized spacial score (nSPS) is 15.0. The summed E-state index contributed by atoms with van der Waals surface area (Å²) in [7, 11) is 0. The summed E-state index contributed by atoms with van der Waals surface area (Å²) < 4.78 is 2.64. The summed E-state index contributed by atoms with van der Waals surface area (Å²) in [5.74, 6) is 0. The van der Waals surface area contributed by atoms with Gasteiger partial charge in [0, 0.05) is 55.9 Å². The van der Waals surface area contributed by atoms with E-state index in [2.05, 4.69) is 21.4 Å². The first kappa shape index (κ1) is 19.0. The van der Waals surface area contributed by atoms with Gasteiger partial charge in [-0.2, -0.15) is 5.10 Å². The predicted octanol–water partition coefficient (Wildman–Crippen LogP) is 3.61. The molecule has 3 heterocycles. The molecule has 0 atom stereocenters. The third kappa shape index (κ3) is 4.73. The van der Waals surface area contributed by atoms with Gasteiger partial charge < -0.3 is 10.2 Å². The zero-order valence-electron chi connectivity index (χ0n) is 15.4. The van der Waals surface area contributed by atoms with Gasteiger partial charge in [-0.15, -0.1) is 11.3 Å². The number of benzene rings is 1. The number of amides is 2. The van der Waals surface area contributed by atoms with Crippen LogP contribution >= 0.6 is 22.9 Å². The van der Waals surface area contributed by atoms with Crippen LogP contribution in [0.2, 0.25) is 4.34 Å². The standard InChI is InChI=1S/C20H22ClN5OS/c21-19-7-6-18(28-19)15-24-8-10-25(11-9-24)20(27)22-12-16-13-23-26(14-16)17-4-2-1-3-5-17/h1-7,13-14H,8-12,15H2,(H,22,27). The Morgan fingerprint density at radius 3 is 2.61 bits per heavy atom. The number of rotatable bonds is 5. The van der Waals surface area contributed by atoms with E-state index in [-0.39, 0.29) is 6.03 Å². The van der Waals surface area contributed by atoms with E-state index in [9.17, 15) is 4.79 Å². The van der Waals surface area contributed by atoms with Crippen molar-refractivity contribution in [3.8, 4) is 5.69 Å². The number of thiophene rings is 1. The fourth-order valence-corrected chi connectivity index (χ4v) is 4.36. The van der Waals surface area contributed by atoms with Gasteiger partial charge in [-0.25, -0.2) is 9.48 Å². The molecule has 0 saturated carbocycles. The summed E-state index contributed by atoms with van der Waals surface area (Å²) in [6.45, 7) is 4.57. The van der Waals surface area contributed by atoms with Crippen molar-refractivity contribution < 1.29 is 4.79 Å². The maximum Gasteiger partial charge on any atom is 0.317 e. The average molecular weight is 416 g/mol. The number of nitrogens with one attached hydrogen (secondary N) is 1. The first-order chi connectivity index (χ1) is 13.7. The maximum atomic E-state index is 12.5. The molecule has 2 amide bonds. The van der Waals surface area contributed by atoms with Gasteiger partial charge in [-0.1, -0.05) is 29.8 Å². The molecule has 146 valence electrons. The fourth-order valence-electron chi connectivity index (χ4n) is 3.23. The molecule has 1 aliphatic heterocycles. The Labute approximate surface area is 173 Å². The highest BCUT2D eigenvalue weighted by Crippen LogP contribution is 2.23. The van der Waals surface area contributed by atoms with Crippen molar-refractivity contribution in [1.29, 1.82) is 0 Å². The monoisotopic (exact) mass is 415 g/mol. The predicted molar refractivity (Wildman–Crippen MR) is 112 cm³/mol. The van der Waals surface area contributed by atoms with E-state index < -0.39 is 0 Å². The summed E-state index contributed by atoms with van der Waals surface area (Å²) in [5, 5.41) is 7.37. The molecule has 0 spiro atoms. The molecule has 1 saturated heterocycles. The van der Waals surface area contributed by atoms with E-state index in [4.69, 9.17) is 11.6 Å². The van der Waals surface area contributed by atoms with Crippen LogP contribution in [0, 0.1) is 0 Å². The molecule has 0 radical (unpaired) electrons. The lowest BCUT2D eigenvalue weighted by atomic mass is 10.3. The van der Waals surface area contributed by atoms with Gasteiger partial charge in [0.15, 0.2) is 0 Å². The molecule has 3 aromatic rings. The van der Waals surface area contributed by atoms with E-state index in [1.165, 1.54) is 4.88 Å². The number of carbonyl (C=O) groups excluding carboxylic acids is 1. The maximum absolute atomic E-state index is 12.5. The second-order valence-electron chi connectivity index (χ2n) is 6.76. The molecule has 1 aliphatic rings. The number of urea groups is 1. The Bertz CT molecular complexity index is 918. The molecular formula is C20H22ClN5OS. The summed E-state index contributed by atoms with van der Waals surface area (Å²) in [5.41, 5.74) is 1.98. The highest BCUT2D eigenvalue weighted by atomic mass is 35.5. The number of carbonyl (C=O) groups is 1. The third-order valence-corrected chi connectivity index (χ3v) is 5.98. The number of halogens is 1. The quantitative estimate of drug-likeness (QED) is 0.692. The van der Waals surface area contributed by atoms with E-state index in [0.717, 1.165) is 48.3 Å². The molecule has 0 unspecified atom stereocenters. The zero-order chi connectivity index (χ0) is 19.3. The van der Waals surface area contributed by atoms with Gasteiger partial charge in [-0.3, -0.25) is 4.90 Å². The zero-order valence-corrected chi connectivity index (χ0v) is 17.0. The van der Waals surface area contributed by atoms with Gasteiger partial charge >= 0.3 is 6.03 Å². The van der Waals surface area contributed by atoms with Crippen molar-refractivity contribution >= 4 is 29.0 Å². The van der Waals surface area contributed by atoms with Crippen LogP contribution in [-0.2, 0) is 13.1 Å². The third-order valence-electron chi connectivity index (χ3n) is 4.77. The van der Waals surface area contributed by atoms with E-state index in [1.54, 1.807) is 17.5 Å². The second-order valence-corrected chi connectivity index (χ2v) is 8.56. The molecular weight excluding hydrogens is 394 g/mol. The molecule has 0 aliphatic carbocycles. The second kappa shape index (κ2) is 8.77. The number of aromatic nitrogens is 2. The van der Waals surface area contributed by atoms with Crippen molar-refractivity contribution in [2.24, 2.45) is 0 Å². The Morgan fingerprint density at radius 1 is 1.11 bits per heavy atom. The minimum absolute atomic E-state index is 0.0220. The highest BCUT2D eigenvalue weighted by Gasteiger charge is 2.21. The van der Waals surface area contributed by atoms with Crippen LogP contribution < -0.4 is 5.32 Å². The number of para-hydroxylation sites is 1. The molecule has 6 nitrogen and oxygen atoms in total. The Balaban J connectivity index is 1.23.